The van der Waals surface area contributed by atoms with E-state index in [0.29, 0.717) is 5.41 Å². The fourth-order valence-corrected chi connectivity index (χ4v) is 2.60. The van der Waals surface area contributed by atoms with E-state index in [1.54, 1.807) is 0 Å². The van der Waals surface area contributed by atoms with Gasteiger partial charge in [0.2, 0.25) is 0 Å². The third-order valence-electron chi connectivity index (χ3n) is 2.34. The number of thioether (sulfide) groups is 1. The van der Waals surface area contributed by atoms with Gasteiger partial charge in [0.05, 0.1) is 0 Å². The molecule has 1 atom stereocenters. The standard InChI is InChI=1S/C14H28S/c1-11(9-13(3,4)5)10-15-12(2)14(6,7)8/h11H,2,9-10H2,1,3-8H3. The molecule has 0 rings (SSSR count). The highest BCUT2D eigenvalue weighted by molar-refractivity contribution is 8.03. The Kier molecular flexibility index (Phi) is 5.46. The normalized spacial score (nSPS) is 15.1. The summed E-state index contributed by atoms with van der Waals surface area (Å²) in [5, 5.41) is 0. The minimum Gasteiger partial charge on any atom is -0.130 e. The van der Waals surface area contributed by atoms with Gasteiger partial charge in [-0.2, -0.15) is 0 Å². The first-order valence-corrected chi connectivity index (χ1v) is 6.83. The van der Waals surface area contributed by atoms with Crippen LogP contribution in [0.2, 0.25) is 0 Å². The van der Waals surface area contributed by atoms with Gasteiger partial charge in [-0.25, -0.2) is 0 Å². The molecular weight excluding hydrogens is 200 g/mol. The van der Waals surface area contributed by atoms with Gasteiger partial charge < -0.3 is 0 Å². The SMILES string of the molecule is C=C(SCC(C)CC(C)(C)C)C(C)(C)C. The number of hydrogen-bond acceptors (Lipinski definition) is 1. The Labute approximate surface area is 101 Å². The molecule has 0 fully saturated rings. The molecule has 0 bridgehead atoms. The van der Waals surface area contributed by atoms with Gasteiger partial charge in [0, 0.05) is 5.75 Å². The smallest absolute Gasteiger partial charge is 0.000271 e. The molecule has 0 saturated carbocycles. The first kappa shape index (κ1) is 15.1. The zero-order chi connectivity index (χ0) is 12.3. The molecule has 0 aromatic carbocycles. The fourth-order valence-electron chi connectivity index (χ4n) is 1.56. The van der Waals surface area contributed by atoms with E-state index in [4.69, 9.17) is 0 Å². The van der Waals surface area contributed by atoms with Crippen LogP contribution >= 0.6 is 11.8 Å². The Bertz CT molecular complexity index is 202. The van der Waals surface area contributed by atoms with Gasteiger partial charge in [-0.05, 0) is 28.1 Å². The average Bonchev–Trinajstić information content (AvgIpc) is 1.94. The fraction of sp³-hybridized carbons (Fsp3) is 0.857. The Morgan fingerprint density at radius 2 is 1.60 bits per heavy atom. The summed E-state index contributed by atoms with van der Waals surface area (Å²) in [4.78, 5) is 1.31. The lowest BCUT2D eigenvalue weighted by Gasteiger charge is -2.25. The summed E-state index contributed by atoms with van der Waals surface area (Å²) in [5.41, 5.74) is 0.690. The minimum atomic E-state index is 0.242. The molecule has 1 unspecified atom stereocenters. The second kappa shape index (κ2) is 5.43. The van der Waals surface area contributed by atoms with Crippen molar-refractivity contribution < 1.29 is 0 Å². The summed E-state index contributed by atoms with van der Waals surface area (Å²) in [6.45, 7) is 20.1. The van der Waals surface area contributed by atoms with Gasteiger partial charge >= 0.3 is 0 Å². The van der Waals surface area contributed by atoms with Crippen molar-refractivity contribution in [2.75, 3.05) is 5.75 Å². The molecule has 0 aliphatic carbocycles. The molecule has 0 nitrogen and oxygen atoms in total. The second-order valence-corrected chi connectivity index (χ2v) is 7.97. The number of rotatable bonds is 4. The van der Waals surface area contributed by atoms with Crippen molar-refractivity contribution in [1.82, 2.24) is 0 Å². The van der Waals surface area contributed by atoms with Crippen LogP contribution in [0.15, 0.2) is 11.5 Å². The van der Waals surface area contributed by atoms with Crippen LogP contribution in [0.4, 0.5) is 0 Å². The molecule has 0 amide bonds. The maximum Gasteiger partial charge on any atom is 0.000271 e. The van der Waals surface area contributed by atoms with Crippen molar-refractivity contribution in [3.05, 3.63) is 11.5 Å². The van der Waals surface area contributed by atoms with Crippen LogP contribution in [-0.4, -0.2) is 5.75 Å². The predicted molar refractivity (Wildman–Crippen MR) is 74.3 cm³/mol. The highest BCUT2D eigenvalue weighted by atomic mass is 32.2. The van der Waals surface area contributed by atoms with Gasteiger partial charge in [0.25, 0.3) is 0 Å². The first-order valence-electron chi connectivity index (χ1n) is 5.84. The molecule has 0 aromatic rings. The monoisotopic (exact) mass is 228 g/mol. The highest BCUT2D eigenvalue weighted by Gasteiger charge is 2.19. The Hall–Kier alpha value is 0.0900. The van der Waals surface area contributed by atoms with Gasteiger partial charge in [0.1, 0.15) is 0 Å². The van der Waals surface area contributed by atoms with E-state index in [0.717, 1.165) is 5.92 Å². The molecule has 0 radical (unpaired) electrons. The summed E-state index contributed by atoms with van der Waals surface area (Å²) in [6.07, 6.45) is 1.29. The maximum atomic E-state index is 4.16. The van der Waals surface area contributed by atoms with Crippen LogP contribution < -0.4 is 0 Å². The van der Waals surface area contributed by atoms with Crippen LogP contribution in [0.1, 0.15) is 54.9 Å². The molecule has 0 saturated heterocycles. The minimum absolute atomic E-state index is 0.242. The quantitative estimate of drug-likeness (QED) is 0.625. The highest BCUT2D eigenvalue weighted by Crippen LogP contribution is 2.35. The molecule has 0 heterocycles. The maximum absolute atomic E-state index is 4.16. The van der Waals surface area contributed by atoms with Crippen LogP contribution in [0.3, 0.4) is 0 Å². The van der Waals surface area contributed by atoms with Crippen molar-refractivity contribution in [1.29, 1.82) is 0 Å². The second-order valence-electron chi connectivity index (χ2n) is 6.85. The third kappa shape index (κ3) is 7.96. The predicted octanol–water partition coefficient (Wildman–Crippen LogP) is 5.35. The van der Waals surface area contributed by atoms with E-state index in [-0.39, 0.29) is 5.41 Å². The number of hydrogen-bond donors (Lipinski definition) is 0. The summed E-state index contributed by atoms with van der Waals surface area (Å²) in [7, 11) is 0. The summed E-state index contributed by atoms with van der Waals surface area (Å²) >= 11 is 1.94. The summed E-state index contributed by atoms with van der Waals surface area (Å²) in [6, 6.07) is 0. The first-order chi connectivity index (χ1) is 6.52. The van der Waals surface area contributed by atoms with E-state index >= 15 is 0 Å². The van der Waals surface area contributed by atoms with Gasteiger partial charge in [0.15, 0.2) is 0 Å². The summed E-state index contributed by atoms with van der Waals surface area (Å²) in [5.74, 6) is 1.97. The zero-order valence-corrected chi connectivity index (χ0v) is 12.4. The van der Waals surface area contributed by atoms with E-state index in [1.165, 1.54) is 17.1 Å². The van der Waals surface area contributed by atoms with Crippen molar-refractivity contribution in [2.45, 2.75) is 54.9 Å². The molecule has 0 aliphatic rings. The topological polar surface area (TPSA) is 0 Å². The summed E-state index contributed by atoms with van der Waals surface area (Å²) < 4.78 is 0. The average molecular weight is 228 g/mol. The lowest BCUT2D eigenvalue weighted by atomic mass is 9.86. The molecule has 0 aromatic heterocycles. The Balaban J connectivity index is 3.92. The van der Waals surface area contributed by atoms with E-state index in [9.17, 15) is 0 Å². The Morgan fingerprint density at radius 3 is 1.93 bits per heavy atom. The van der Waals surface area contributed by atoms with Crippen molar-refractivity contribution in [3.63, 3.8) is 0 Å². The van der Waals surface area contributed by atoms with Gasteiger partial charge in [-0.1, -0.05) is 55.0 Å². The molecule has 0 N–H and O–H groups in total. The Morgan fingerprint density at radius 1 is 1.13 bits per heavy atom. The molecule has 1 heteroatoms. The van der Waals surface area contributed by atoms with Crippen LogP contribution in [0, 0.1) is 16.7 Å². The van der Waals surface area contributed by atoms with E-state index < -0.39 is 0 Å². The van der Waals surface area contributed by atoms with Crippen molar-refractivity contribution in [2.24, 2.45) is 16.7 Å². The van der Waals surface area contributed by atoms with Crippen molar-refractivity contribution in [3.8, 4) is 0 Å². The van der Waals surface area contributed by atoms with Gasteiger partial charge in [-0.15, -0.1) is 11.8 Å². The molecular formula is C14H28S. The third-order valence-corrected chi connectivity index (χ3v) is 4.04. The van der Waals surface area contributed by atoms with Crippen LogP contribution in [0.5, 0.6) is 0 Å². The molecule has 90 valence electrons. The lowest BCUT2D eigenvalue weighted by molar-refractivity contribution is 0.323. The lowest BCUT2D eigenvalue weighted by Crippen LogP contribution is -2.14. The molecule has 15 heavy (non-hydrogen) atoms. The van der Waals surface area contributed by atoms with Gasteiger partial charge in [-0.3, -0.25) is 0 Å². The van der Waals surface area contributed by atoms with Crippen molar-refractivity contribution >= 4 is 11.8 Å². The number of allylic oxidation sites excluding steroid dienone is 1. The molecule has 0 aliphatic heterocycles. The zero-order valence-electron chi connectivity index (χ0n) is 11.6. The van der Waals surface area contributed by atoms with E-state index in [2.05, 4.69) is 55.0 Å². The van der Waals surface area contributed by atoms with E-state index in [1.807, 2.05) is 11.8 Å². The molecule has 0 spiro atoms. The van der Waals surface area contributed by atoms with Crippen LogP contribution in [0.25, 0.3) is 0 Å². The van der Waals surface area contributed by atoms with Crippen LogP contribution in [-0.2, 0) is 0 Å². The largest absolute Gasteiger partial charge is 0.130 e.